The van der Waals surface area contributed by atoms with E-state index in [1.807, 2.05) is 7.05 Å². The molecule has 0 atom stereocenters. The molecule has 0 radical (unpaired) electrons. The summed E-state index contributed by atoms with van der Waals surface area (Å²) in [7, 11) is 1.93. The molecule has 1 N–H and O–H groups in total. The van der Waals surface area contributed by atoms with E-state index >= 15 is 0 Å². The minimum atomic E-state index is -0.490. The highest BCUT2D eigenvalue weighted by Crippen LogP contribution is 2.25. The van der Waals surface area contributed by atoms with Crippen molar-refractivity contribution in [1.29, 1.82) is 0 Å². The van der Waals surface area contributed by atoms with Crippen molar-refractivity contribution in [2.45, 2.75) is 25.3 Å². The number of nitrogens with one attached hydrogen (secondary N) is 1. The van der Waals surface area contributed by atoms with Gasteiger partial charge in [0.15, 0.2) is 0 Å². The van der Waals surface area contributed by atoms with Crippen molar-refractivity contribution < 1.29 is 9.72 Å². The summed E-state index contributed by atoms with van der Waals surface area (Å²) in [5, 5.41) is 14.2. The summed E-state index contributed by atoms with van der Waals surface area (Å²) in [4.78, 5) is 24.6. The second-order valence-corrected chi connectivity index (χ2v) is 6.47. The molecule has 0 spiro atoms. The first-order chi connectivity index (χ1) is 9.84. The largest absolute Gasteiger partial charge is 0.339 e. The van der Waals surface area contributed by atoms with Crippen LogP contribution in [-0.4, -0.2) is 41.4 Å². The van der Waals surface area contributed by atoms with Crippen molar-refractivity contribution in [3.05, 3.63) is 38.3 Å². The van der Waals surface area contributed by atoms with Gasteiger partial charge >= 0.3 is 0 Å². The van der Waals surface area contributed by atoms with Gasteiger partial charge in [0.1, 0.15) is 0 Å². The van der Waals surface area contributed by atoms with Crippen molar-refractivity contribution in [3.63, 3.8) is 0 Å². The number of hydrogen-bond donors (Lipinski definition) is 1. The maximum Gasteiger partial charge on any atom is 0.271 e. The highest BCUT2D eigenvalue weighted by molar-refractivity contribution is 9.10. The normalized spacial score (nSPS) is 17.6. The maximum absolute atomic E-state index is 12.5. The number of hydrogen-bond acceptors (Lipinski definition) is 4. The van der Waals surface area contributed by atoms with Gasteiger partial charge in [-0.05, 0) is 32.9 Å². The van der Waals surface area contributed by atoms with Gasteiger partial charge in [0, 0.05) is 40.8 Å². The van der Waals surface area contributed by atoms with Crippen molar-refractivity contribution >= 4 is 27.5 Å². The molecule has 0 aromatic heterocycles. The van der Waals surface area contributed by atoms with Crippen LogP contribution in [-0.2, 0) is 0 Å². The number of nitro benzene ring substituents is 1. The van der Waals surface area contributed by atoms with Gasteiger partial charge in [0.2, 0.25) is 0 Å². The summed E-state index contributed by atoms with van der Waals surface area (Å²) in [6, 6.07) is 4.35. The predicted molar refractivity (Wildman–Crippen MR) is 83.4 cm³/mol. The molecule has 0 aliphatic carbocycles. The lowest BCUT2D eigenvalue weighted by molar-refractivity contribution is -0.385. The molecule has 1 aliphatic heterocycles. The molecule has 1 aliphatic rings. The van der Waals surface area contributed by atoms with Crippen LogP contribution >= 0.6 is 15.9 Å². The van der Waals surface area contributed by atoms with Gasteiger partial charge in [-0.2, -0.15) is 0 Å². The quantitative estimate of drug-likeness (QED) is 0.667. The molecule has 0 unspecified atom stereocenters. The van der Waals surface area contributed by atoms with Gasteiger partial charge in [-0.15, -0.1) is 0 Å². The smallest absolute Gasteiger partial charge is 0.271 e. The molecular formula is C14H18BrN3O3. The number of non-ortho nitro benzene ring substituents is 1. The van der Waals surface area contributed by atoms with Crippen molar-refractivity contribution in [2.24, 2.45) is 0 Å². The average Bonchev–Trinajstić information content (AvgIpc) is 2.46. The van der Waals surface area contributed by atoms with Gasteiger partial charge in [-0.3, -0.25) is 14.9 Å². The van der Waals surface area contributed by atoms with Crippen LogP contribution < -0.4 is 5.32 Å². The molecule has 1 heterocycles. The van der Waals surface area contributed by atoms with Crippen LogP contribution in [0.15, 0.2) is 22.7 Å². The predicted octanol–water partition coefficient (Wildman–Crippen LogP) is 2.57. The Balaban J connectivity index is 2.16. The highest BCUT2D eigenvalue weighted by atomic mass is 79.9. The molecular weight excluding hydrogens is 338 g/mol. The van der Waals surface area contributed by atoms with E-state index in [9.17, 15) is 14.9 Å². The molecule has 1 aromatic rings. The van der Waals surface area contributed by atoms with E-state index in [1.165, 1.54) is 12.1 Å². The number of halogens is 1. The number of nitro groups is 1. The van der Waals surface area contributed by atoms with Crippen LogP contribution in [0.25, 0.3) is 0 Å². The van der Waals surface area contributed by atoms with Crippen molar-refractivity contribution in [2.75, 3.05) is 20.1 Å². The first kappa shape index (κ1) is 15.9. The van der Waals surface area contributed by atoms with E-state index in [2.05, 4.69) is 28.2 Å². The fourth-order valence-electron chi connectivity index (χ4n) is 2.44. The van der Waals surface area contributed by atoms with Crippen LogP contribution in [0.5, 0.6) is 0 Å². The van der Waals surface area contributed by atoms with E-state index in [4.69, 9.17) is 0 Å². The third-order valence-electron chi connectivity index (χ3n) is 4.10. The Morgan fingerprint density at radius 2 is 2.00 bits per heavy atom. The molecule has 1 aromatic carbocycles. The van der Waals surface area contributed by atoms with Crippen LogP contribution in [0.2, 0.25) is 0 Å². The zero-order valence-corrected chi connectivity index (χ0v) is 13.6. The molecule has 1 amide bonds. The maximum atomic E-state index is 12.5. The van der Waals surface area contributed by atoms with Crippen LogP contribution in [0.4, 0.5) is 5.69 Å². The number of piperidine rings is 1. The Kier molecular flexibility index (Phi) is 4.63. The van der Waals surface area contributed by atoms with E-state index in [1.54, 1.807) is 11.0 Å². The van der Waals surface area contributed by atoms with E-state index < -0.39 is 4.92 Å². The SMILES string of the molecule is CNC1(C)CCN(C(=O)c2cc(Br)cc([N+](=O)[O-])c2)CC1. The monoisotopic (exact) mass is 355 g/mol. The molecule has 1 saturated heterocycles. The minimum Gasteiger partial charge on any atom is -0.339 e. The third-order valence-corrected chi connectivity index (χ3v) is 4.56. The number of rotatable bonds is 3. The zero-order chi connectivity index (χ0) is 15.6. The van der Waals surface area contributed by atoms with Crippen LogP contribution in [0.1, 0.15) is 30.1 Å². The number of carbonyl (C=O) groups excluding carboxylic acids is 1. The number of nitrogens with zero attached hydrogens (tertiary/aromatic N) is 2. The Hall–Kier alpha value is -1.47. The zero-order valence-electron chi connectivity index (χ0n) is 12.1. The van der Waals surface area contributed by atoms with Gasteiger partial charge < -0.3 is 10.2 Å². The lowest BCUT2D eigenvalue weighted by atomic mass is 9.89. The fraction of sp³-hybridized carbons (Fsp3) is 0.500. The molecule has 2 rings (SSSR count). The second-order valence-electron chi connectivity index (χ2n) is 5.56. The Morgan fingerprint density at radius 1 is 1.38 bits per heavy atom. The average molecular weight is 356 g/mol. The lowest BCUT2D eigenvalue weighted by Gasteiger charge is -2.39. The van der Waals surface area contributed by atoms with Crippen LogP contribution in [0, 0.1) is 10.1 Å². The Morgan fingerprint density at radius 3 is 2.52 bits per heavy atom. The lowest BCUT2D eigenvalue weighted by Crippen LogP contribution is -2.51. The van der Waals surface area contributed by atoms with Gasteiger partial charge in [-0.25, -0.2) is 0 Å². The molecule has 0 saturated carbocycles. The van der Waals surface area contributed by atoms with E-state index in [-0.39, 0.29) is 17.1 Å². The number of benzene rings is 1. The van der Waals surface area contributed by atoms with Crippen LogP contribution in [0.3, 0.4) is 0 Å². The molecule has 6 nitrogen and oxygen atoms in total. The van der Waals surface area contributed by atoms with E-state index in [0.29, 0.717) is 23.1 Å². The summed E-state index contributed by atoms with van der Waals surface area (Å²) in [6.45, 7) is 3.44. The first-order valence-electron chi connectivity index (χ1n) is 6.78. The Labute approximate surface area is 131 Å². The van der Waals surface area contributed by atoms with Gasteiger partial charge in [-0.1, -0.05) is 15.9 Å². The van der Waals surface area contributed by atoms with Crippen molar-refractivity contribution in [1.82, 2.24) is 10.2 Å². The molecule has 1 fully saturated rings. The second kappa shape index (κ2) is 6.11. The molecule has 21 heavy (non-hydrogen) atoms. The summed E-state index contributed by atoms with van der Waals surface area (Å²) >= 11 is 3.22. The molecule has 114 valence electrons. The third kappa shape index (κ3) is 3.59. The van der Waals surface area contributed by atoms with E-state index in [0.717, 1.165) is 12.8 Å². The number of amides is 1. The summed E-state index contributed by atoms with van der Waals surface area (Å²) in [6.07, 6.45) is 1.73. The van der Waals surface area contributed by atoms with Gasteiger partial charge in [0.05, 0.1) is 4.92 Å². The Bertz CT molecular complexity index is 569. The molecule has 7 heteroatoms. The van der Waals surface area contributed by atoms with Crippen molar-refractivity contribution in [3.8, 4) is 0 Å². The number of carbonyl (C=O) groups is 1. The first-order valence-corrected chi connectivity index (χ1v) is 7.57. The topological polar surface area (TPSA) is 75.5 Å². The standard InChI is InChI=1S/C14H18BrN3O3/c1-14(16-2)3-5-17(6-4-14)13(19)10-7-11(15)9-12(8-10)18(20)21/h7-9,16H,3-6H2,1-2H3. The number of likely N-dealkylation sites (tertiary alicyclic amines) is 1. The minimum absolute atomic E-state index is 0.0556. The highest BCUT2D eigenvalue weighted by Gasteiger charge is 2.31. The summed E-state index contributed by atoms with van der Waals surface area (Å²) in [5.41, 5.74) is 0.328. The summed E-state index contributed by atoms with van der Waals surface area (Å²) < 4.78 is 0.539. The summed E-state index contributed by atoms with van der Waals surface area (Å²) in [5.74, 6) is -0.155. The molecule has 0 bridgehead atoms. The van der Waals surface area contributed by atoms with Gasteiger partial charge in [0.25, 0.3) is 11.6 Å². The fourth-order valence-corrected chi connectivity index (χ4v) is 2.92.